The molecule has 0 aliphatic carbocycles. The molecule has 0 aromatic carbocycles. The second kappa shape index (κ2) is 11.3. The maximum absolute atomic E-state index is 12.0. The monoisotopic (exact) mass is 570 g/mol. The van der Waals surface area contributed by atoms with Crippen LogP contribution in [0, 0.1) is 0 Å². The maximum Gasteiger partial charge on any atom is 0.270 e. The van der Waals surface area contributed by atoms with E-state index in [1.807, 2.05) is 0 Å². The van der Waals surface area contributed by atoms with Crippen molar-refractivity contribution in [3.63, 3.8) is 0 Å². The SMILES string of the molecule is CC(=O)N=c1sc(S(=O)(=O)NC(C)(C)C)nn1C.CC(=O)Nc1nnc(S(=O)(=O)NC(C)(C)C)s1. The van der Waals surface area contributed by atoms with E-state index in [0.717, 1.165) is 22.7 Å². The van der Waals surface area contributed by atoms with Crippen molar-refractivity contribution in [3.8, 4) is 0 Å². The van der Waals surface area contributed by atoms with Crippen LogP contribution in [-0.4, -0.2) is 59.7 Å². The first kappa shape index (κ1) is 30.9. The average molecular weight is 571 g/mol. The van der Waals surface area contributed by atoms with Crippen LogP contribution < -0.4 is 19.6 Å². The molecule has 2 amide bonds. The van der Waals surface area contributed by atoms with Crippen molar-refractivity contribution in [1.29, 1.82) is 0 Å². The summed E-state index contributed by atoms with van der Waals surface area (Å²) in [7, 11) is -5.84. The fourth-order valence-electron chi connectivity index (χ4n) is 2.08. The van der Waals surface area contributed by atoms with Gasteiger partial charge in [-0.15, -0.1) is 15.3 Å². The molecule has 2 aromatic heterocycles. The fourth-order valence-corrected chi connectivity index (χ4v) is 7.02. The summed E-state index contributed by atoms with van der Waals surface area (Å²) in [6.45, 7) is 13.0. The summed E-state index contributed by atoms with van der Waals surface area (Å²) in [6, 6.07) is 0. The number of hydrogen-bond donors (Lipinski definition) is 3. The van der Waals surface area contributed by atoms with E-state index in [2.05, 4.69) is 35.0 Å². The lowest BCUT2D eigenvalue weighted by Gasteiger charge is -2.18. The van der Waals surface area contributed by atoms with E-state index < -0.39 is 37.0 Å². The zero-order valence-corrected chi connectivity index (χ0v) is 24.1. The lowest BCUT2D eigenvalue weighted by Crippen LogP contribution is -2.40. The number of sulfonamides is 2. The fraction of sp³-hybridized carbons (Fsp3) is 0.647. The molecular formula is C17H30N8O6S4. The van der Waals surface area contributed by atoms with Gasteiger partial charge in [-0.25, -0.2) is 31.0 Å². The highest BCUT2D eigenvalue weighted by Gasteiger charge is 2.27. The van der Waals surface area contributed by atoms with Gasteiger partial charge in [-0.05, 0) is 41.5 Å². The molecule has 0 aliphatic rings. The van der Waals surface area contributed by atoms with Gasteiger partial charge in [-0.2, -0.15) is 4.99 Å². The Morgan fingerprint density at radius 2 is 1.34 bits per heavy atom. The van der Waals surface area contributed by atoms with Gasteiger partial charge in [0.2, 0.25) is 30.4 Å². The molecule has 35 heavy (non-hydrogen) atoms. The molecule has 0 unspecified atom stereocenters. The third kappa shape index (κ3) is 11.0. The Labute approximate surface area is 212 Å². The van der Waals surface area contributed by atoms with E-state index in [4.69, 9.17) is 0 Å². The minimum Gasteiger partial charge on any atom is -0.301 e. The van der Waals surface area contributed by atoms with Crippen LogP contribution in [0.15, 0.2) is 13.7 Å². The lowest BCUT2D eigenvalue weighted by molar-refractivity contribution is -0.116. The Hall–Kier alpha value is -2.12. The molecule has 2 heterocycles. The molecule has 14 nitrogen and oxygen atoms in total. The van der Waals surface area contributed by atoms with E-state index >= 15 is 0 Å². The van der Waals surface area contributed by atoms with Crippen LogP contribution in [0.2, 0.25) is 0 Å². The normalized spacial score (nSPS) is 13.2. The number of aromatic nitrogens is 4. The molecule has 2 aromatic rings. The molecule has 0 bridgehead atoms. The number of hydrogen-bond acceptors (Lipinski definition) is 11. The van der Waals surface area contributed by atoms with Crippen LogP contribution in [0.4, 0.5) is 5.13 Å². The number of rotatable bonds is 5. The molecule has 198 valence electrons. The summed E-state index contributed by atoms with van der Waals surface area (Å²) in [5.74, 6) is -0.726. The van der Waals surface area contributed by atoms with Crippen molar-refractivity contribution in [3.05, 3.63) is 4.80 Å². The first-order chi connectivity index (χ1) is 15.6. The van der Waals surface area contributed by atoms with Crippen molar-refractivity contribution >= 4 is 59.7 Å². The molecule has 18 heteroatoms. The van der Waals surface area contributed by atoms with Gasteiger partial charge < -0.3 is 5.32 Å². The van der Waals surface area contributed by atoms with Crippen molar-refractivity contribution in [2.75, 3.05) is 5.32 Å². The Morgan fingerprint density at radius 3 is 1.77 bits per heavy atom. The van der Waals surface area contributed by atoms with Gasteiger partial charge in [-0.1, -0.05) is 22.7 Å². The van der Waals surface area contributed by atoms with E-state index in [9.17, 15) is 26.4 Å². The Balaban J connectivity index is 0.000000351. The number of carbonyl (C=O) groups excluding carboxylic acids is 2. The van der Waals surface area contributed by atoms with Gasteiger partial charge in [-0.3, -0.25) is 9.59 Å². The zero-order chi connectivity index (χ0) is 27.4. The largest absolute Gasteiger partial charge is 0.301 e. The van der Waals surface area contributed by atoms with Gasteiger partial charge in [0.25, 0.3) is 20.0 Å². The Morgan fingerprint density at radius 1 is 0.857 bits per heavy atom. The van der Waals surface area contributed by atoms with Gasteiger partial charge >= 0.3 is 0 Å². The van der Waals surface area contributed by atoms with Gasteiger partial charge in [0.15, 0.2) is 0 Å². The molecule has 0 radical (unpaired) electrons. The molecule has 0 saturated carbocycles. The quantitative estimate of drug-likeness (QED) is 0.431. The molecular weight excluding hydrogens is 541 g/mol. The van der Waals surface area contributed by atoms with Crippen molar-refractivity contribution < 1.29 is 26.4 Å². The summed E-state index contributed by atoms with van der Waals surface area (Å²) < 4.78 is 53.6. The second-order valence-electron chi connectivity index (χ2n) is 9.17. The summed E-state index contributed by atoms with van der Waals surface area (Å²) >= 11 is 1.65. The summed E-state index contributed by atoms with van der Waals surface area (Å²) in [5.41, 5.74) is -1.19. The summed E-state index contributed by atoms with van der Waals surface area (Å²) in [5, 5.41) is 13.5. The predicted octanol–water partition coefficient (Wildman–Crippen LogP) is 0.579. The van der Waals surface area contributed by atoms with Crippen molar-refractivity contribution in [1.82, 2.24) is 29.4 Å². The first-order valence-corrected chi connectivity index (χ1v) is 14.5. The van der Waals surface area contributed by atoms with Crippen LogP contribution in [0.1, 0.15) is 55.4 Å². The number of carbonyl (C=O) groups is 2. The topological polar surface area (TPSA) is 194 Å². The number of nitrogens with zero attached hydrogens (tertiary/aromatic N) is 5. The standard InChI is InChI=1S/C9H16N4O3S2.C8H14N4O3S2/c1-6(14)10-7-13(5)11-8(17-7)18(15,16)12-9(2,3)4;1-5(13)9-6-10-11-7(16-6)17(14,15)12-8(2,3)4/h12H,1-5H3;12H,1-4H3,(H,9,10,13). The van der Waals surface area contributed by atoms with Crippen LogP contribution in [0.5, 0.6) is 0 Å². The summed E-state index contributed by atoms with van der Waals surface area (Å²) in [6.07, 6.45) is 0. The first-order valence-electron chi connectivity index (χ1n) is 9.90. The van der Waals surface area contributed by atoms with Crippen LogP contribution in [-0.2, 0) is 36.7 Å². The highest BCUT2D eigenvalue weighted by atomic mass is 32.3. The molecule has 0 spiro atoms. The Kier molecular flexibility index (Phi) is 9.97. The molecule has 2 rings (SSSR count). The highest BCUT2D eigenvalue weighted by molar-refractivity contribution is 7.91. The minimum absolute atomic E-state index is 0.111. The van der Waals surface area contributed by atoms with Crippen molar-refractivity contribution in [2.45, 2.75) is 75.1 Å². The van der Waals surface area contributed by atoms with E-state index in [1.165, 1.54) is 25.6 Å². The molecule has 0 fully saturated rings. The lowest BCUT2D eigenvalue weighted by atomic mass is 10.1. The van der Waals surface area contributed by atoms with Gasteiger partial charge in [0, 0.05) is 32.0 Å². The average Bonchev–Trinajstić information content (AvgIpc) is 3.18. The minimum atomic E-state index is -3.69. The van der Waals surface area contributed by atoms with Crippen LogP contribution in [0.25, 0.3) is 0 Å². The highest BCUT2D eigenvalue weighted by Crippen LogP contribution is 2.21. The maximum atomic E-state index is 12.0. The number of aryl methyl sites for hydroxylation is 1. The molecule has 0 aliphatic heterocycles. The Bertz CT molecular complexity index is 1340. The number of nitrogens with one attached hydrogen (secondary N) is 3. The van der Waals surface area contributed by atoms with E-state index in [0.29, 0.717) is 0 Å². The molecule has 0 atom stereocenters. The third-order valence-electron chi connectivity index (χ3n) is 2.97. The molecule has 0 saturated heterocycles. The van der Waals surface area contributed by atoms with E-state index in [-0.39, 0.29) is 24.5 Å². The third-order valence-corrected chi connectivity index (χ3v) is 9.06. The summed E-state index contributed by atoms with van der Waals surface area (Å²) in [4.78, 5) is 25.6. The van der Waals surface area contributed by atoms with Gasteiger partial charge in [0.05, 0.1) is 0 Å². The zero-order valence-electron chi connectivity index (χ0n) is 20.8. The predicted molar refractivity (Wildman–Crippen MR) is 132 cm³/mol. The number of anilines is 1. The van der Waals surface area contributed by atoms with Gasteiger partial charge in [0.1, 0.15) is 0 Å². The smallest absolute Gasteiger partial charge is 0.270 e. The molecule has 3 N–H and O–H groups in total. The number of amides is 2. The van der Waals surface area contributed by atoms with Crippen LogP contribution in [0.3, 0.4) is 0 Å². The van der Waals surface area contributed by atoms with Crippen molar-refractivity contribution in [2.24, 2.45) is 12.0 Å². The van der Waals surface area contributed by atoms with E-state index in [1.54, 1.807) is 41.5 Å². The van der Waals surface area contributed by atoms with Crippen LogP contribution >= 0.6 is 22.7 Å². The second-order valence-corrected chi connectivity index (χ2v) is 14.8.